The molecule has 1 rings (SSSR count). The number of carbonyl (C=O) groups excluding carboxylic acids is 1. The van der Waals surface area contributed by atoms with Crippen LogP contribution in [-0.4, -0.2) is 42.7 Å². The summed E-state index contributed by atoms with van der Waals surface area (Å²) in [6.45, 7) is 3.48. The first kappa shape index (κ1) is 14.7. The van der Waals surface area contributed by atoms with Crippen LogP contribution in [0.25, 0.3) is 0 Å². The Morgan fingerprint density at radius 3 is 3.06 bits per heavy atom. The van der Waals surface area contributed by atoms with Crippen molar-refractivity contribution in [1.82, 2.24) is 10.2 Å². The zero-order valence-electron chi connectivity index (χ0n) is 10.7. The summed E-state index contributed by atoms with van der Waals surface area (Å²) < 4.78 is 0. The summed E-state index contributed by atoms with van der Waals surface area (Å²) in [6.07, 6.45) is 0. The highest BCUT2D eigenvalue weighted by Gasteiger charge is 2.09. The monoisotopic (exact) mass is 266 g/mol. The smallest absolute Gasteiger partial charge is 0.234 e. The second-order valence-electron chi connectivity index (χ2n) is 3.84. The van der Waals surface area contributed by atoms with Crippen LogP contribution in [0.3, 0.4) is 0 Å². The Morgan fingerprint density at radius 1 is 1.61 bits per heavy atom. The maximum absolute atomic E-state index is 11.4. The van der Waals surface area contributed by atoms with E-state index in [-0.39, 0.29) is 12.5 Å². The minimum Gasteiger partial charge on any atom is -0.384 e. The molecule has 0 unspecified atom stereocenters. The minimum absolute atomic E-state index is 0.0274. The molecule has 1 heterocycles. The van der Waals surface area contributed by atoms with Crippen LogP contribution in [0.1, 0.15) is 17.4 Å². The Bertz CT molecular complexity index is 445. The lowest BCUT2D eigenvalue weighted by atomic mass is 10.2. The normalized spacial score (nSPS) is 10.0. The summed E-state index contributed by atoms with van der Waals surface area (Å²) in [4.78, 5) is 14.5. The number of amides is 1. The van der Waals surface area contributed by atoms with Gasteiger partial charge in [0, 0.05) is 23.5 Å². The standard InChI is InChI=1S/C13H18N2O2S/c1-3-14-13(17)10-15(2)9-12-11(5-4-7-16)6-8-18-12/h6,8,16H,3,7,9-10H2,1-2H3,(H,14,17). The summed E-state index contributed by atoms with van der Waals surface area (Å²) in [6, 6.07) is 1.93. The van der Waals surface area contributed by atoms with Crippen molar-refractivity contribution in [2.45, 2.75) is 13.5 Å². The van der Waals surface area contributed by atoms with Gasteiger partial charge in [0.1, 0.15) is 6.61 Å². The highest BCUT2D eigenvalue weighted by atomic mass is 32.1. The molecule has 0 bridgehead atoms. The third-order valence-electron chi connectivity index (χ3n) is 2.25. The van der Waals surface area contributed by atoms with E-state index in [0.717, 1.165) is 10.4 Å². The number of nitrogens with one attached hydrogen (secondary N) is 1. The van der Waals surface area contributed by atoms with Gasteiger partial charge >= 0.3 is 0 Å². The van der Waals surface area contributed by atoms with Crippen LogP contribution >= 0.6 is 11.3 Å². The molecular weight excluding hydrogens is 248 g/mol. The molecule has 1 aromatic rings. The maximum atomic E-state index is 11.4. The number of thiophene rings is 1. The van der Waals surface area contributed by atoms with Gasteiger partial charge in [0.05, 0.1) is 6.54 Å². The maximum Gasteiger partial charge on any atom is 0.234 e. The highest BCUT2D eigenvalue weighted by molar-refractivity contribution is 7.10. The second-order valence-corrected chi connectivity index (χ2v) is 4.84. The van der Waals surface area contributed by atoms with E-state index in [1.807, 2.05) is 30.3 Å². The Labute approximate surface area is 112 Å². The van der Waals surface area contributed by atoms with E-state index in [2.05, 4.69) is 17.2 Å². The summed E-state index contributed by atoms with van der Waals surface area (Å²) in [5.74, 6) is 5.58. The molecule has 18 heavy (non-hydrogen) atoms. The van der Waals surface area contributed by atoms with Crippen LogP contribution in [0.15, 0.2) is 11.4 Å². The third kappa shape index (κ3) is 4.88. The van der Waals surface area contributed by atoms with Crippen LogP contribution in [-0.2, 0) is 11.3 Å². The van der Waals surface area contributed by atoms with E-state index >= 15 is 0 Å². The lowest BCUT2D eigenvalue weighted by Crippen LogP contribution is -2.34. The summed E-state index contributed by atoms with van der Waals surface area (Å²) >= 11 is 1.61. The molecule has 0 radical (unpaired) electrons. The van der Waals surface area contributed by atoms with Crippen molar-refractivity contribution in [3.05, 3.63) is 21.9 Å². The fraction of sp³-hybridized carbons (Fsp3) is 0.462. The van der Waals surface area contributed by atoms with Gasteiger partial charge in [-0.05, 0) is 25.4 Å². The second kappa shape index (κ2) is 7.88. The van der Waals surface area contributed by atoms with Crippen molar-refractivity contribution in [2.75, 3.05) is 26.7 Å². The fourth-order valence-corrected chi connectivity index (χ4v) is 2.42. The summed E-state index contributed by atoms with van der Waals surface area (Å²) in [5.41, 5.74) is 0.928. The van der Waals surface area contributed by atoms with Crippen molar-refractivity contribution < 1.29 is 9.90 Å². The van der Waals surface area contributed by atoms with Gasteiger partial charge in [0.15, 0.2) is 0 Å². The Hall–Kier alpha value is -1.35. The lowest BCUT2D eigenvalue weighted by molar-refractivity contribution is -0.121. The molecule has 0 spiro atoms. The Morgan fingerprint density at radius 2 is 2.39 bits per heavy atom. The van der Waals surface area contributed by atoms with Crippen LogP contribution in [0, 0.1) is 11.8 Å². The van der Waals surface area contributed by atoms with Crippen molar-refractivity contribution >= 4 is 17.2 Å². The predicted molar refractivity (Wildman–Crippen MR) is 73.3 cm³/mol. The molecule has 0 aromatic carbocycles. The molecular formula is C13H18N2O2S. The SMILES string of the molecule is CCNC(=O)CN(C)Cc1sccc1C#CCO. The van der Waals surface area contributed by atoms with Crippen LogP contribution < -0.4 is 5.32 Å². The first-order chi connectivity index (χ1) is 8.67. The van der Waals surface area contributed by atoms with Gasteiger partial charge in [-0.1, -0.05) is 11.8 Å². The molecule has 4 nitrogen and oxygen atoms in total. The number of aliphatic hydroxyl groups is 1. The first-order valence-corrected chi connectivity index (χ1v) is 6.66. The zero-order chi connectivity index (χ0) is 13.4. The molecule has 0 fully saturated rings. The molecule has 0 aliphatic rings. The number of carbonyl (C=O) groups is 1. The molecule has 0 saturated heterocycles. The number of hydrogen-bond donors (Lipinski definition) is 2. The van der Waals surface area contributed by atoms with E-state index < -0.39 is 0 Å². The molecule has 98 valence electrons. The summed E-state index contributed by atoms with van der Waals surface area (Å²) in [5, 5.41) is 13.4. The largest absolute Gasteiger partial charge is 0.384 e. The van der Waals surface area contributed by atoms with Gasteiger partial charge in [0.2, 0.25) is 5.91 Å². The molecule has 0 aliphatic heterocycles. The summed E-state index contributed by atoms with van der Waals surface area (Å²) in [7, 11) is 1.90. The Balaban J connectivity index is 2.56. The van der Waals surface area contributed by atoms with E-state index in [4.69, 9.17) is 5.11 Å². The molecule has 2 N–H and O–H groups in total. The zero-order valence-corrected chi connectivity index (χ0v) is 11.5. The number of nitrogens with zero attached hydrogens (tertiary/aromatic N) is 1. The van der Waals surface area contributed by atoms with Crippen molar-refractivity contribution in [2.24, 2.45) is 0 Å². The van der Waals surface area contributed by atoms with E-state index in [1.54, 1.807) is 11.3 Å². The number of rotatable bonds is 5. The minimum atomic E-state index is -0.135. The van der Waals surface area contributed by atoms with Gasteiger partial charge in [0.25, 0.3) is 0 Å². The average Bonchev–Trinajstić information content (AvgIpc) is 2.73. The molecule has 1 aromatic heterocycles. The van der Waals surface area contributed by atoms with Gasteiger partial charge in [-0.25, -0.2) is 0 Å². The molecule has 0 saturated carbocycles. The molecule has 5 heteroatoms. The third-order valence-corrected chi connectivity index (χ3v) is 3.15. The average molecular weight is 266 g/mol. The van der Waals surface area contributed by atoms with Gasteiger partial charge < -0.3 is 10.4 Å². The van der Waals surface area contributed by atoms with Crippen molar-refractivity contribution in [1.29, 1.82) is 0 Å². The van der Waals surface area contributed by atoms with Crippen LogP contribution in [0.4, 0.5) is 0 Å². The van der Waals surface area contributed by atoms with Crippen LogP contribution in [0.5, 0.6) is 0 Å². The molecule has 0 aliphatic carbocycles. The quantitative estimate of drug-likeness (QED) is 0.770. The van der Waals surface area contributed by atoms with E-state index in [0.29, 0.717) is 19.6 Å². The van der Waals surface area contributed by atoms with Crippen molar-refractivity contribution in [3.8, 4) is 11.8 Å². The lowest BCUT2D eigenvalue weighted by Gasteiger charge is -2.15. The van der Waals surface area contributed by atoms with E-state index in [9.17, 15) is 4.79 Å². The predicted octanol–water partition coefficient (Wildman–Crippen LogP) is 0.660. The fourth-order valence-electron chi connectivity index (χ4n) is 1.51. The van der Waals surface area contributed by atoms with Gasteiger partial charge in [-0.3, -0.25) is 9.69 Å². The number of likely N-dealkylation sites (N-methyl/N-ethyl adjacent to an activating group) is 2. The number of aliphatic hydroxyl groups excluding tert-OH is 1. The topological polar surface area (TPSA) is 52.6 Å². The van der Waals surface area contributed by atoms with Gasteiger partial charge in [-0.2, -0.15) is 0 Å². The van der Waals surface area contributed by atoms with Gasteiger partial charge in [-0.15, -0.1) is 11.3 Å². The molecule has 1 amide bonds. The van der Waals surface area contributed by atoms with Crippen molar-refractivity contribution in [3.63, 3.8) is 0 Å². The Kier molecular flexibility index (Phi) is 6.44. The first-order valence-electron chi connectivity index (χ1n) is 5.78. The molecule has 0 atom stereocenters. The van der Waals surface area contributed by atoms with E-state index in [1.165, 1.54) is 0 Å². The van der Waals surface area contributed by atoms with Crippen LogP contribution in [0.2, 0.25) is 0 Å². The highest BCUT2D eigenvalue weighted by Crippen LogP contribution is 2.17. The number of hydrogen-bond acceptors (Lipinski definition) is 4.